The first kappa shape index (κ1) is 11.5. The highest BCUT2D eigenvalue weighted by Crippen LogP contribution is 2.25. The lowest BCUT2D eigenvalue weighted by atomic mass is 9.86. The molecular formula is C11H21NO2. The molecule has 1 aliphatic rings. The summed E-state index contributed by atoms with van der Waals surface area (Å²) in [6.45, 7) is 7.36. The number of carbonyl (C=O) groups excluding carboxylic acids is 1. The Morgan fingerprint density at radius 2 is 2.14 bits per heavy atom. The number of rotatable bonds is 3. The fourth-order valence-corrected chi connectivity index (χ4v) is 1.98. The maximum absolute atomic E-state index is 11.7. The number of aliphatic hydroxyl groups is 1. The van der Waals surface area contributed by atoms with Gasteiger partial charge in [0.1, 0.15) is 0 Å². The van der Waals surface area contributed by atoms with E-state index in [-0.39, 0.29) is 5.91 Å². The normalized spacial score (nSPS) is 25.6. The molecule has 0 radical (unpaired) electrons. The minimum Gasteiger partial charge on any atom is -0.392 e. The molecule has 14 heavy (non-hydrogen) atoms. The van der Waals surface area contributed by atoms with Gasteiger partial charge in [0.2, 0.25) is 5.91 Å². The van der Waals surface area contributed by atoms with Crippen LogP contribution in [-0.4, -0.2) is 35.1 Å². The number of carbonyl (C=O) groups is 1. The third-order valence-electron chi connectivity index (χ3n) is 2.99. The topological polar surface area (TPSA) is 40.5 Å². The van der Waals surface area contributed by atoms with Crippen molar-refractivity contribution in [1.29, 1.82) is 0 Å². The molecule has 1 aliphatic heterocycles. The average Bonchev–Trinajstić information content (AvgIpc) is 2.07. The van der Waals surface area contributed by atoms with Gasteiger partial charge < -0.3 is 10.0 Å². The molecule has 2 unspecified atom stereocenters. The number of β-amino-alcohol motifs (C(OH)–C–C–N with tert-alkyl or cyclic N) is 1. The minimum atomic E-state index is -0.408. The Bertz CT molecular complexity index is 201. The molecule has 0 aromatic heterocycles. The van der Waals surface area contributed by atoms with E-state index in [2.05, 4.69) is 13.8 Å². The van der Waals surface area contributed by atoms with Gasteiger partial charge in [-0.1, -0.05) is 13.8 Å². The van der Waals surface area contributed by atoms with Crippen LogP contribution in [0.4, 0.5) is 0 Å². The van der Waals surface area contributed by atoms with Crippen LogP contribution in [0, 0.1) is 11.8 Å². The Hall–Kier alpha value is -0.570. The molecule has 3 nitrogen and oxygen atoms in total. The van der Waals surface area contributed by atoms with E-state index in [9.17, 15) is 9.90 Å². The van der Waals surface area contributed by atoms with Crippen LogP contribution in [0.3, 0.4) is 0 Å². The summed E-state index contributed by atoms with van der Waals surface area (Å²) in [6, 6.07) is 0. The van der Waals surface area contributed by atoms with Crippen LogP contribution in [0.15, 0.2) is 0 Å². The predicted octanol–water partition coefficient (Wildman–Crippen LogP) is 1.26. The molecule has 1 amide bonds. The second kappa shape index (κ2) is 4.78. The largest absolute Gasteiger partial charge is 0.392 e. The van der Waals surface area contributed by atoms with Gasteiger partial charge in [0.05, 0.1) is 6.10 Å². The smallest absolute Gasteiger partial charge is 0.222 e. The van der Waals surface area contributed by atoms with Crippen LogP contribution in [0.1, 0.15) is 33.6 Å². The van der Waals surface area contributed by atoms with Crippen molar-refractivity contribution < 1.29 is 9.90 Å². The third-order valence-corrected chi connectivity index (χ3v) is 2.99. The molecule has 82 valence electrons. The molecule has 0 bridgehead atoms. The fourth-order valence-electron chi connectivity index (χ4n) is 1.98. The Kier molecular flexibility index (Phi) is 3.93. The maximum Gasteiger partial charge on any atom is 0.222 e. The molecule has 0 aromatic carbocycles. The molecule has 3 heteroatoms. The van der Waals surface area contributed by atoms with Crippen LogP contribution in [0.5, 0.6) is 0 Å². The lowest BCUT2D eigenvalue weighted by Crippen LogP contribution is -2.43. The van der Waals surface area contributed by atoms with Gasteiger partial charge in [0, 0.05) is 19.5 Å². The lowest BCUT2D eigenvalue weighted by molar-refractivity contribution is -0.137. The molecule has 0 saturated carbocycles. The van der Waals surface area contributed by atoms with Crippen molar-refractivity contribution in [3.8, 4) is 0 Å². The van der Waals surface area contributed by atoms with E-state index >= 15 is 0 Å². The van der Waals surface area contributed by atoms with E-state index < -0.39 is 6.10 Å². The Morgan fingerprint density at radius 3 is 2.57 bits per heavy atom. The number of nitrogens with zero attached hydrogens (tertiary/aromatic N) is 1. The second-order valence-corrected chi connectivity index (χ2v) is 4.69. The number of likely N-dealkylation sites (tertiary alicyclic amines) is 1. The number of piperidine rings is 1. The monoisotopic (exact) mass is 199 g/mol. The van der Waals surface area contributed by atoms with E-state index in [1.807, 2.05) is 0 Å². The molecule has 0 aromatic rings. The van der Waals surface area contributed by atoms with Gasteiger partial charge in [-0.2, -0.15) is 0 Å². The number of aliphatic hydroxyl groups excluding tert-OH is 1. The summed E-state index contributed by atoms with van der Waals surface area (Å²) in [5.74, 6) is 1.33. The van der Waals surface area contributed by atoms with Gasteiger partial charge in [-0.05, 0) is 25.2 Å². The molecule has 1 rings (SSSR count). The van der Waals surface area contributed by atoms with E-state index in [0.29, 0.717) is 24.8 Å². The fraction of sp³-hybridized carbons (Fsp3) is 0.909. The quantitative estimate of drug-likeness (QED) is 0.743. The Balaban J connectivity index is 2.44. The lowest BCUT2D eigenvalue weighted by Gasteiger charge is -2.34. The molecule has 0 spiro atoms. The first-order valence-corrected chi connectivity index (χ1v) is 5.46. The van der Waals surface area contributed by atoms with Crippen LogP contribution in [0.2, 0.25) is 0 Å². The van der Waals surface area contributed by atoms with E-state index in [1.54, 1.807) is 11.8 Å². The first-order valence-electron chi connectivity index (χ1n) is 5.46. The summed E-state index contributed by atoms with van der Waals surface area (Å²) in [5, 5.41) is 9.20. The van der Waals surface area contributed by atoms with Crippen LogP contribution in [0.25, 0.3) is 0 Å². The highest BCUT2D eigenvalue weighted by molar-refractivity contribution is 5.77. The minimum absolute atomic E-state index is 0.204. The summed E-state index contributed by atoms with van der Waals surface area (Å²) in [7, 11) is 0. The van der Waals surface area contributed by atoms with E-state index in [0.717, 1.165) is 13.0 Å². The number of hydrogen-bond acceptors (Lipinski definition) is 2. The van der Waals surface area contributed by atoms with Crippen molar-refractivity contribution >= 4 is 5.91 Å². The first-order chi connectivity index (χ1) is 6.50. The highest BCUT2D eigenvalue weighted by Gasteiger charge is 2.27. The SMILES string of the molecule is CC(O)CN1CCC(C(C)C)CC1=O. The summed E-state index contributed by atoms with van der Waals surface area (Å²) in [4.78, 5) is 13.4. The van der Waals surface area contributed by atoms with Crippen molar-refractivity contribution in [2.45, 2.75) is 39.7 Å². The molecule has 1 fully saturated rings. The van der Waals surface area contributed by atoms with Crippen LogP contribution >= 0.6 is 0 Å². The summed E-state index contributed by atoms with van der Waals surface area (Å²) in [6.07, 6.45) is 1.33. The van der Waals surface area contributed by atoms with Gasteiger partial charge in [0.15, 0.2) is 0 Å². The predicted molar refractivity (Wildman–Crippen MR) is 55.8 cm³/mol. The zero-order valence-corrected chi connectivity index (χ0v) is 9.36. The Morgan fingerprint density at radius 1 is 1.50 bits per heavy atom. The molecular weight excluding hydrogens is 178 g/mol. The molecule has 1 heterocycles. The summed E-state index contributed by atoms with van der Waals surface area (Å²) in [5.41, 5.74) is 0. The van der Waals surface area contributed by atoms with Crippen molar-refractivity contribution in [3.63, 3.8) is 0 Å². The van der Waals surface area contributed by atoms with Crippen molar-refractivity contribution in [2.24, 2.45) is 11.8 Å². The highest BCUT2D eigenvalue weighted by atomic mass is 16.3. The second-order valence-electron chi connectivity index (χ2n) is 4.69. The van der Waals surface area contributed by atoms with E-state index in [4.69, 9.17) is 0 Å². The van der Waals surface area contributed by atoms with Gasteiger partial charge in [0.25, 0.3) is 0 Å². The third kappa shape index (κ3) is 2.98. The van der Waals surface area contributed by atoms with Crippen LogP contribution < -0.4 is 0 Å². The standard InChI is InChI=1S/C11H21NO2/c1-8(2)10-4-5-12(7-9(3)13)11(14)6-10/h8-10,13H,4-7H2,1-3H3. The van der Waals surface area contributed by atoms with Gasteiger partial charge in [-0.25, -0.2) is 0 Å². The molecule has 1 saturated heterocycles. The Labute approximate surface area is 86.1 Å². The summed E-state index contributed by atoms with van der Waals surface area (Å²) >= 11 is 0. The van der Waals surface area contributed by atoms with Gasteiger partial charge >= 0.3 is 0 Å². The molecule has 1 N–H and O–H groups in total. The van der Waals surface area contributed by atoms with Gasteiger partial charge in [-0.15, -0.1) is 0 Å². The summed E-state index contributed by atoms with van der Waals surface area (Å²) < 4.78 is 0. The van der Waals surface area contributed by atoms with Crippen molar-refractivity contribution in [3.05, 3.63) is 0 Å². The van der Waals surface area contributed by atoms with Crippen molar-refractivity contribution in [2.75, 3.05) is 13.1 Å². The zero-order chi connectivity index (χ0) is 10.7. The van der Waals surface area contributed by atoms with E-state index in [1.165, 1.54) is 0 Å². The number of hydrogen-bond donors (Lipinski definition) is 1. The van der Waals surface area contributed by atoms with Crippen molar-refractivity contribution in [1.82, 2.24) is 4.90 Å². The van der Waals surface area contributed by atoms with Crippen LogP contribution in [-0.2, 0) is 4.79 Å². The zero-order valence-electron chi connectivity index (χ0n) is 9.36. The van der Waals surface area contributed by atoms with Gasteiger partial charge in [-0.3, -0.25) is 4.79 Å². The number of amides is 1. The maximum atomic E-state index is 11.7. The molecule has 2 atom stereocenters. The average molecular weight is 199 g/mol. The molecule has 0 aliphatic carbocycles.